The van der Waals surface area contributed by atoms with Crippen molar-refractivity contribution >= 4 is 5.95 Å². The SMILES string of the molecule is O=c1[nH]cc(-c2cnc(NC[C@]3(c4ncccc4F)C[C@H](F)C3)nc2)c(=O)[nH]1. The fourth-order valence-corrected chi connectivity index (χ4v) is 3.42. The zero-order valence-corrected chi connectivity index (χ0v) is 14.6. The van der Waals surface area contributed by atoms with Gasteiger partial charge in [-0.15, -0.1) is 0 Å². The van der Waals surface area contributed by atoms with E-state index < -0.39 is 28.7 Å². The Kier molecular flexibility index (Phi) is 4.46. The highest BCUT2D eigenvalue weighted by Gasteiger charge is 2.48. The number of aromatic amines is 2. The molecule has 3 N–H and O–H groups in total. The van der Waals surface area contributed by atoms with E-state index in [-0.39, 0.29) is 36.6 Å². The Balaban J connectivity index is 1.52. The first-order chi connectivity index (χ1) is 13.5. The molecule has 28 heavy (non-hydrogen) atoms. The van der Waals surface area contributed by atoms with Crippen LogP contribution in [0, 0.1) is 5.82 Å². The van der Waals surface area contributed by atoms with Crippen molar-refractivity contribution in [1.82, 2.24) is 24.9 Å². The Morgan fingerprint density at radius 3 is 2.61 bits per heavy atom. The summed E-state index contributed by atoms with van der Waals surface area (Å²) in [6, 6.07) is 2.80. The van der Waals surface area contributed by atoms with Crippen molar-refractivity contribution in [2.75, 3.05) is 11.9 Å². The number of nitrogens with one attached hydrogen (secondary N) is 3. The van der Waals surface area contributed by atoms with Gasteiger partial charge in [-0.3, -0.25) is 14.8 Å². The fraction of sp³-hybridized carbons (Fsp3) is 0.278. The molecule has 0 saturated heterocycles. The number of H-pyrrole nitrogens is 2. The minimum absolute atomic E-state index is 0.165. The Hall–Kier alpha value is -3.43. The highest BCUT2D eigenvalue weighted by atomic mass is 19.1. The Morgan fingerprint density at radius 2 is 1.96 bits per heavy atom. The maximum Gasteiger partial charge on any atom is 0.325 e. The molecule has 0 unspecified atom stereocenters. The summed E-state index contributed by atoms with van der Waals surface area (Å²) in [7, 11) is 0. The predicted octanol–water partition coefficient (Wildman–Crippen LogP) is 1.54. The second-order valence-corrected chi connectivity index (χ2v) is 6.75. The minimum atomic E-state index is -1.00. The van der Waals surface area contributed by atoms with Gasteiger partial charge in [-0.2, -0.15) is 0 Å². The summed E-state index contributed by atoms with van der Waals surface area (Å²) in [6.45, 7) is 0.222. The molecule has 0 atom stereocenters. The molecule has 10 heteroatoms. The van der Waals surface area contributed by atoms with E-state index in [2.05, 4.69) is 30.2 Å². The molecule has 0 bridgehead atoms. The first-order valence-corrected chi connectivity index (χ1v) is 8.60. The third-order valence-electron chi connectivity index (χ3n) is 4.85. The molecule has 0 aliphatic heterocycles. The van der Waals surface area contributed by atoms with Gasteiger partial charge in [-0.25, -0.2) is 23.5 Å². The van der Waals surface area contributed by atoms with E-state index in [1.165, 1.54) is 36.9 Å². The van der Waals surface area contributed by atoms with Gasteiger partial charge in [0.25, 0.3) is 5.56 Å². The molecular formula is C18H16F2N6O2. The largest absolute Gasteiger partial charge is 0.353 e. The minimum Gasteiger partial charge on any atom is -0.353 e. The van der Waals surface area contributed by atoms with E-state index in [1.807, 2.05) is 0 Å². The van der Waals surface area contributed by atoms with E-state index >= 15 is 0 Å². The third-order valence-corrected chi connectivity index (χ3v) is 4.85. The van der Waals surface area contributed by atoms with Crippen molar-refractivity contribution in [2.45, 2.75) is 24.4 Å². The molecule has 3 aromatic heterocycles. The quantitative estimate of drug-likeness (QED) is 0.612. The topological polar surface area (TPSA) is 116 Å². The summed E-state index contributed by atoms with van der Waals surface area (Å²) in [4.78, 5) is 39.8. The van der Waals surface area contributed by atoms with E-state index in [4.69, 9.17) is 0 Å². The van der Waals surface area contributed by atoms with E-state index in [0.29, 0.717) is 5.56 Å². The number of hydrogen-bond acceptors (Lipinski definition) is 6. The van der Waals surface area contributed by atoms with Crippen molar-refractivity contribution in [3.63, 3.8) is 0 Å². The molecule has 0 spiro atoms. The smallest absolute Gasteiger partial charge is 0.325 e. The predicted molar refractivity (Wildman–Crippen MR) is 97.2 cm³/mol. The van der Waals surface area contributed by atoms with Crippen LogP contribution < -0.4 is 16.6 Å². The van der Waals surface area contributed by atoms with Gasteiger partial charge in [-0.05, 0) is 25.0 Å². The number of rotatable bonds is 5. The molecule has 1 aliphatic carbocycles. The van der Waals surface area contributed by atoms with Crippen molar-refractivity contribution in [2.24, 2.45) is 0 Å². The van der Waals surface area contributed by atoms with Crippen LogP contribution in [0.25, 0.3) is 11.1 Å². The number of nitrogens with zero attached hydrogens (tertiary/aromatic N) is 3. The second-order valence-electron chi connectivity index (χ2n) is 6.75. The molecular weight excluding hydrogens is 370 g/mol. The molecule has 0 aromatic carbocycles. The Labute approximate surface area is 157 Å². The van der Waals surface area contributed by atoms with Crippen LogP contribution in [-0.4, -0.2) is 37.6 Å². The van der Waals surface area contributed by atoms with Gasteiger partial charge >= 0.3 is 5.69 Å². The van der Waals surface area contributed by atoms with Crippen LogP contribution in [0.15, 0.2) is 46.5 Å². The summed E-state index contributed by atoms with van der Waals surface area (Å²) >= 11 is 0. The van der Waals surface area contributed by atoms with Gasteiger partial charge in [0.15, 0.2) is 0 Å². The summed E-state index contributed by atoms with van der Waals surface area (Å²) in [6.07, 6.45) is 4.94. The van der Waals surface area contributed by atoms with Crippen LogP contribution in [0.3, 0.4) is 0 Å². The molecule has 3 heterocycles. The van der Waals surface area contributed by atoms with Crippen LogP contribution in [0.1, 0.15) is 18.5 Å². The van der Waals surface area contributed by atoms with Crippen molar-refractivity contribution in [3.05, 3.63) is 69.3 Å². The zero-order chi connectivity index (χ0) is 19.7. The first-order valence-electron chi connectivity index (χ1n) is 8.60. The van der Waals surface area contributed by atoms with Crippen LogP contribution in [-0.2, 0) is 5.41 Å². The van der Waals surface area contributed by atoms with E-state index in [0.717, 1.165) is 0 Å². The van der Waals surface area contributed by atoms with Gasteiger partial charge in [0.2, 0.25) is 5.95 Å². The third kappa shape index (κ3) is 3.28. The molecule has 0 amide bonds. The molecule has 1 fully saturated rings. The molecule has 3 aromatic rings. The standard InChI is InChI=1S/C18H16F2N6O2/c19-11-4-18(5-11,14-13(20)2-1-3-21-14)9-25-16-22-6-10(7-23-16)12-8-24-17(28)26-15(12)27/h1-3,6-8,11H,4-5,9H2,(H,22,23,25)(H2,24,26,27,28)/t11-,18-. The maximum atomic E-state index is 14.2. The number of aromatic nitrogens is 5. The lowest BCUT2D eigenvalue weighted by atomic mass is 9.65. The number of halogens is 2. The molecule has 8 nitrogen and oxygen atoms in total. The summed E-state index contributed by atoms with van der Waals surface area (Å²) < 4.78 is 27.8. The normalized spacial score (nSPS) is 21.1. The van der Waals surface area contributed by atoms with Crippen molar-refractivity contribution < 1.29 is 8.78 Å². The van der Waals surface area contributed by atoms with Crippen LogP contribution in [0.2, 0.25) is 0 Å². The molecule has 4 rings (SSSR count). The fourth-order valence-electron chi connectivity index (χ4n) is 3.42. The van der Waals surface area contributed by atoms with E-state index in [9.17, 15) is 18.4 Å². The first kappa shape index (κ1) is 18.0. The average Bonchev–Trinajstić information content (AvgIpc) is 2.65. The number of anilines is 1. The molecule has 1 saturated carbocycles. The molecule has 0 radical (unpaired) electrons. The highest BCUT2D eigenvalue weighted by Crippen LogP contribution is 2.45. The van der Waals surface area contributed by atoms with Gasteiger partial charge in [0.1, 0.15) is 12.0 Å². The summed E-state index contributed by atoms with van der Waals surface area (Å²) in [5.74, 6) is -0.215. The van der Waals surface area contributed by atoms with Crippen molar-refractivity contribution in [3.8, 4) is 11.1 Å². The van der Waals surface area contributed by atoms with Gasteiger partial charge in [0, 0.05) is 42.3 Å². The lowest BCUT2D eigenvalue weighted by Crippen LogP contribution is -2.49. The summed E-state index contributed by atoms with van der Waals surface area (Å²) in [5, 5.41) is 3.00. The average molecular weight is 386 g/mol. The monoisotopic (exact) mass is 386 g/mol. The van der Waals surface area contributed by atoms with Gasteiger partial charge < -0.3 is 10.3 Å². The number of pyridine rings is 1. The number of hydrogen-bond donors (Lipinski definition) is 3. The highest BCUT2D eigenvalue weighted by molar-refractivity contribution is 5.59. The van der Waals surface area contributed by atoms with Crippen LogP contribution in [0.4, 0.5) is 14.7 Å². The van der Waals surface area contributed by atoms with Crippen LogP contribution >= 0.6 is 0 Å². The lowest BCUT2D eigenvalue weighted by Gasteiger charge is -2.43. The maximum absolute atomic E-state index is 14.2. The Morgan fingerprint density at radius 1 is 1.21 bits per heavy atom. The van der Waals surface area contributed by atoms with E-state index in [1.54, 1.807) is 0 Å². The zero-order valence-electron chi connectivity index (χ0n) is 14.6. The van der Waals surface area contributed by atoms with Crippen LogP contribution in [0.5, 0.6) is 0 Å². The Bertz CT molecular complexity index is 1110. The van der Waals surface area contributed by atoms with Gasteiger partial charge in [0.05, 0.1) is 11.3 Å². The second kappa shape index (κ2) is 6.95. The summed E-state index contributed by atoms with van der Waals surface area (Å²) in [5.41, 5.74) is -1.05. The molecule has 1 aliphatic rings. The number of alkyl halides is 1. The van der Waals surface area contributed by atoms with Crippen molar-refractivity contribution in [1.29, 1.82) is 0 Å². The lowest BCUT2D eigenvalue weighted by molar-refractivity contribution is 0.0963. The molecule has 144 valence electrons. The van der Waals surface area contributed by atoms with Gasteiger partial charge in [-0.1, -0.05) is 0 Å².